The summed E-state index contributed by atoms with van der Waals surface area (Å²) in [5.74, 6) is 0. The SMILES string of the molecule is O=[N+]([O-])c1cnc(-c2ccccc2)cc1-n1ccc2cccnc21. The first-order chi connectivity index (χ1) is 11.7. The molecule has 0 atom stereocenters. The number of hydrogen-bond donors (Lipinski definition) is 0. The predicted molar refractivity (Wildman–Crippen MR) is 91.0 cm³/mol. The van der Waals surface area contributed by atoms with Gasteiger partial charge in [0.2, 0.25) is 0 Å². The van der Waals surface area contributed by atoms with E-state index in [1.807, 2.05) is 48.5 Å². The Bertz CT molecular complexity index is 1040. The van der Waals surface area contributed by atoms with Crippen molar-refractivity contribution < 1.29 is 4.92 Å². The summed E-state index contributed by atoms with van der Waals surface area (Å²) >= 11 is 0. The summed E-state index contributed by atoms with van der Waals surface area (Å²) in [7, 11) is 0. The van der Waals surface area contributed by atoms with Crippen LogP contribution in [0.5, 0.6) is 0 Å². The van der Waals surface area contributed by atoms with E-state index in [1.54, 1.807) is 23.0 Å². The molecule has 24 heavy (non-hydrogen) atoms. The molecule has 4 aromatic rings. The molecule has 4 rings (SSSR count). The Kier molecular flexibility index (Phi) is 3.28. The molecule has 0 unspecified atom stereocenters. The average molecular weight is 316 g/mol. The Morgan fingerprint density at radius 2 is 1.83 bits per heavy atom. The first-order valence-corrected chi connectivity index (χ1v) is 7.36. The van der Waals surface area contributed by atoms with Gasteiger partial charge in [-0.3, -0.25) is 14.7 Å². The van der Waals surface area contributed by atoms with Crippen LogP contribution in [0.15, 0.2) is 73.2 Å². The van der Waals surface area contributed by atoms with Gasteiger partial charge in [-0.15, -0.1) is 0 Å². The molecule has 1 aromatic carbocycles. The van der Waals surface area contributed by atoms with Gasteiger partial charge in [0.25, 0.3) is 0 Å². The van der Waals surface area contributed by atoms with E-state index in [9.17, 15) is 10.1 Å². The van der Waals surface area contributed by atoms with Gasteiger partial charge in [0.1, 0.15) is 17.5 Å². The van der Waals surface area contributed by atoms with Crippen LogP contribution in [0.2, 0.25) is 0 Å². The molecule has 0 saturated heterocycles. The smallest absolute Gasteiger partial charge is 0.295 e. The van der Waals surface area contributed by atoms with E-state index in [4.69, 9.17) is 0 Å². The minimum atomic E-state index is -0.425. The van der Waals surface area contributed by atoms with E-state index in [-0.39, 0.29) is 5.69 Å². The van der Waals surface area contributed by atoms with Gasteiger partial charge in [0.05, 0.1) is 10.6 Å². The molecule has 0 bridgehead atoms. The largest absolute Gasteiger partial charge is 0.311 e. The highest BCUT2D eigenvalue weighted by molar-refractivity contribution is 5.79. The van der Waals surface area contributed by atoms with Crippen molar-refractivity contribution in [2.24, 2.45) is 0 Å². The van der Waals surface area contributed by atoms with E-state index in [0.717, 1.165) is 10.9 Å². The number of fused-ring (bicyclic) bond motifs is 1. The first-order valence-electron chi connectivity index (χ1n) is 7.36. The van der Waals surface area contributed by atoms with Gasteiger partial charge in [-0.25, -0.2) is 9.97 Å². The molecule has 3 heterocycles. The number of nitro groups is 1. The monoisotopic (exact) mass is 316 g/mol. The summed E-state index contributed by atoms with van der Waals surface area (Å²) in [4.78, 5) is 19.6. The molecule has 0 spiro atoms. The van der Waals surface area contributed by atoms with Crippen LogP contribution in [-0.2, 0) is 0 Å². The molecule has 6 heteroatoms. The summed E-state index contributed by atoms with van der Waals surface area (Å²) in [6.45, 7) is 0. The molecule has 0 aliphatic heterocycles. The van der Waals surface area contributed by atoms with E-state index < -0.39 is 4.92 Å². The van der Waals surface area contributed by atoms with Gasteiger partial charge in [-0.05, 0) is 24.3 Å². The highest BCUT2D eigenvalue weighted by Gasteiger charge is 2.19. The third-order valence-corrected chi connectivity index (χ3v) is 3.84. The third kappa shape index (κ3) is 2.30. The van der Waals surface area contributed by atoms with Gasteiger partial charge < -0.3 is 0 Å². The van der Waals surface area contributed by atoms with Crippen LogP contribution >= 0.6 is 0 Å². The van der Waals surface area contributed by atoms with Crippen LogP contribution in [0, 0.1) is 10.1 Å². The Hall–Kier alpha value is -3.54. The van der Waals surface area contributed by atoms with E-state index in [1.165, 1.54) is 6.20 Å². The van der Waals surface area contributed by atoms with Crippen molar-refractivity contribution in [3.05, 3.63) is 83.3 Å². The van der Waals surface area contributed by atoms with Crippen LogP contribution in [-0.4, -0.2) is 19.5 Å². The van der Waals surface area contributed by atoms with Crippen LogP contribution in [0.25, 0.3) is 28.0 Å². The zero-order valence-corrected chi connectivity index (χ0v) is 12.5. The maximum absolute atomic E-state index is 11.4. The highest BCUT2D eigenvalue weighted by atomic mass is 16.6. The molecule has 0 saturated carbocycles. The Labute approximate surface area is 137 Å². The zero-order chi connectivity index (χ0) is 16.5. The summed E-state index contributed by atoms with van der Waals surface area (Å²) in [6, 6.07) is 16.9. The summed E-state index contributed by atoms with van der Waals surface area (Å²) in [6.07, 6.45) is 4.76. The van der Waals surface area contributed by atoms with Gasteiger partial charge in [-0.1, -0.05) is 30.3 Å². The average Bonchev–Trinajstić information content (AvgIpc) is 3.06. The lowest BCUT2D eigenvalue weighted by Gasteiger charge is -2.08. The maximum atomic E-state index is 11.4. The Balaban J connectivity index is 1.97. The van der Waals surface area contributed by atoms with Gasteiger partial charge in [0.15, 0.2) is 0 Å². The minimum Gasteiger partial charge on any atom is -0.295 e. The molecule has 0 aliphatic rings. The zero-order valence-electron chi connectivity index (χ0n) is 12.5. The molecule has 6 nitrogen and oxygen atoms in total. The van der Waals surface area contributed by atoms with Gasteiger partial charge in [-0.2, -0.15) is 0 Å². The van der Waals surface area contributed by atoms with Crippen molar-refractivity contribution in [1.29, 1.82) is 0 Å². The molecule has 0 N–H and O–H groups in total. The van der Waals surface area contributed by atoms with Crippen molar-refractivity contribution in [2.45, 2.75) is 0 Å². The molecule has 3 aromatic heterocycles. The van der Waals surface area contributed by atoms with Crippen LogP contribution in [0.4, 0.5) is 5.69 Å². The van der Waals surface area contributed by atoms with Crippen LogP contribution in [0.3, 0.4) is 0 Å². The molecule has 0 aliphatic carbocycles. The fourth-order valence-corrected chi connectivity index (χ4v) is 2.70. The second-order valence-electron chi connectivity index (χ2n) is 5.28. The lowest BCUT2D eigenvalue weighted by Crippen LogP contribution is -2.01. The van der Waals surface area contributed by atoms with Crippen molar-refractivity contribution in [2.75, 3.05) is 0 Å². The molecule has 0 radical (unpaired) electrons. The van der Waals surface area contributed by atoms with Crippen molar-refractivity contribution in [3.63, 3.8) is 0 Å². The standard InChI is InChI=1S/C18H12N4O2/c23-22(24)17-12-20-15(13-5-2-1-3-6-13)11-16(17)21-10-8-14-7-4-9-19-18(14)21/h1-12H. The maximum Gasteiger partial charge on any atom is 0.311 e. The molecule has 0 fully saturated rings. The summed E-state index contributed by atoms with van der Waals surface area (Å²) in [5, 5.41) is 12.4. The van der Waals surface area contributed by atoms with Crippen molar-refractivity contribution >= 4 is 16.7 Å². The number of nitrogens with zero attached hydrogens (tertiary/aromatic N) is 4. The topological polar surface area (TPSA) is 73.8 Å². The van der Waals surface area contributed by atoms with Crippen LogP contribution < -0.4 is 0 Å². The second kappa shape index (κ2) is 5.58. The molecule has 0 amide bonds. The summed E-state index contributed by atoms with van der Waals surface area (Å²) in [5.41, 5.74) is 2.64. The fourth-order valence-electron chi connectivity index (χ4n) is 2.70. The number of aromatic nitrogens is 3. The highest BCUT2D eigenvalue weighted by Crippen LogP contribution is 2.29. The van der Waals surface area contributed by atoms with E-state index in [2.05, 4.69) is 9.97 Å². The second-order valence-corrected chi connectivity index (χ2v) is 5.28. The normalized spacial score (nSPS) is 10.8. The Morgan fingerprint density at radius 3 is 2.62 bits per heavy atom. The summed E-state index contributed by atoms with van der Waals surface area (Å²) < 4.78 is 1.72. The number of pyridine rings is 2. The molecular formula is C18H12N4O2. The number of hydrogen-bond acceptors (Lipinski definition) is 4. The van der Waals surface area contributed by atoms with Crippen molar-refractivity contribution in [1.82, 2.24) is 14.5 Å². The minimum absolute atomic E-state index is 0.0576. The fraction of sp³-hybridized carbons (Fsp3) is 0. The van der Waals surface area contributed by atoms with E-state index in [0.29, 0.717) is 17.0 Å². The van der Waals surface area contributed by atoms with Crippen LogP contribution in [0.1, 0.15) is 0 Å². The number of rotatable bonds is 3. The Morgan fingerprint density at radius 1 is 1.00 bits per heavy atom. The van der Waals surface area contributed by atoms with E-state index >= 15 is 0 Å². The molecular weight excluding hydrogens is 304 g/mol. The van der Waals surface area contributed by atoms with Gasteiger partial charge in [0, 0.05) is 23.3 Å². The number of benzene rings is 1. The molecule has 116 valence electrons. The lowest BCUT2D eigenvalue weighted by molar-refractivity contribution is -0.384. The van der Waals surface area contributed by atoms with Gasteiger partial charge >= 0.3 is 5.69 Å². The first kappa shape index (κ1) is 14.1. The third-order valence-electron chi connectivity index (χ3n) is 3.84. The van der Waals surface area contributed by atoms with Crippen molar-refractivity contribution in [3.8, 4) is 16.9 Å². The predicted octanol–water partition coefficient (Wildman–Crippen LogP) is 4.00. The lowest BCUT2D eigenvalue weighted by atomic mass is 10.1. The quantitative estimate of drug-likeness (QED) is 0.423.